The summed E-state index contributed by atoms with van der Waals surface area (Å²) in [4.78, 5) is 9.24. The van der Waals surface area contributed by atoms with Crippen molar-refractivity contribution in [3.8, 4) is 0 Å². The molecule has 0 aromatic heterocycles. The zero-order chi connectivity index (χ0) is 11.7. The molecule has 16 heavy (non-hydrogen) atoms. The molecule has 0 atom stereocenters. The topological polar surface area (TPSA) is 37.3 Å². The second-order valence-electron chi connectivity index (χ2n) is 5.82. The van der Waals surface area contributed by atoms with Crippen LogP contribution in [0.2, 0.25) is 0 Å². The highest BCUT2D eigenvalue weighted by Gasteiger charge is 2.45. The Morgan fingerprint density at radius 1 is 1.12 bits per heavy atom. The van der Waals surface area contributed by atoms with Crippen LogP contribution < -0.4 is 0 Å². The van der Waals surface area contributed by atoms with Gasteiger partial charge in [0.2, 0.25) is 0 Å². The lowest BCUT2D eigenvalue weighted by atomic mass is 9.52. The predicted octanol–water partition coefficient (Wildman–Crippen LogP) is 3.39. The summed E-state index contributed by atoms with van der Waals surface area (Å²) >= 11 is 4.74. The average Bonchev–Trinajstić information content (AvgIpc) is 2.25. The van der Waals surface area contributed by atoms with Crippen LogP contribution in [0.4, 0.5) is 0 Å². The van der Waals surface area contributed by atoms with Crippen LogP contribution in [0.25, 0.3) is 0 Å². The number of aliphatic carboxylic acids is 1. The molecule has 4 rings (SSSR count). The van der Waals surface area contributed by atoms with E-state index in [0.29, 0.717) is 0 Å². The fourth-order valence-electron chi connectivity index (χ4n) is 4.20. The van der Waals surface area contributed by atoms with E-state index in [0.717, 1.165) is 29.6 Å². The summed E-state index contributed by atoms with van der Waals surface area (Å²) in [5.74, 6) is 4.41. The molecule has 0 aromatic carbocycles. The standard InChI is InChI=1S/C11H18.C2H3ClO2/c1-7-10-3-8-2-9(5-10)6-11(7)4-8;3-1-2(4)5/h7-11H,2-6H2,1H3;1H2,(H,4,5). The lowest BCUT2D eigenvalue weighted by Crippen LogP contribution is -2.43. The summed E-state index contributed by atoms with van der Waals surface area (Å²) in [5, 5.41) is 7.59. The van der Waals surface area contributed by atoms with Gasteiger partial charge < -0.3 is 5.11 Å². The SMILES string of the molecule is CC1C2CC3CC(C2)CC1C3.O=C(O)CCl. The van der Waals surface area contributed by atoms with E-state index in [4.69, 9.17) is 16.7 Å². The van der Waals surface area contributed by atoms with Crippen molar-refractivity contribution in [2.45, 2.75) is 39.0 Å². The Morgan fingerprint density at radius 2 is 1.50 bits per heavy atom. The van der Waals surface area contributed by atoms with E-state index in [1.807, 2.05) is 0 Å². The number of halogens is 1. The highest BCUT2D eigenvalue weighted by Crippen LogP contribution is 2.56. The fourth-order valence-corrected chi connectivity index (χ4v) is 4.20. The smallest absolute Gasteiger partial charge is 0.318 e. The van der Waals surface area contributed by atoms with Crippen LogP contribution in [0.5, 0.6) is 0 Å². The molecule has 0 heterocycles. The molecule has 4 bridgehead atoms. The van der Waals surface area contributed by atoms with Crippen LogP contribution in [0.1, 0.15) is 39.0 Å². The minimum absolute atomic E-state index is 0.306. The third-order valence-corrected chi connectivity index (χ3v) is 5.04. The summed E-state index contributed by atoms with van der Waals surface area (Å²) in [6, 6.07) is 0. The lowest BCUT2D eigenvalue weighted by molar-refractivity contribution is -0.134. The Balaban J connectivity index is 0.000000168. The van der Waals surface area contributed by atoms with Crippen molar-refractivity contribution in [2.24, 2.45) is 29.6 Å². The van der Waals surface area contributed by atoms with Gasteiger partial charge in [-0.1, -0.05) is 6.92 Å². The second-order valence-corrected chi connectivity index (χ2v) is 6.08. The molecule has 3 heteroatoms. The monoisotopic (exact) mass is 244 g/mol. The molecule has 4 aliphatic carbocycles. The maximum absolute atomic E-state index is 9.24. The van der Waals surface area contributed by atoms with Gasteiger partial charge in [-0.3, -0.25) is 4.79 Å². The molecular formula is C13H21ClO2. The number of hydrogen-bond donors (Lipinski definition) is 1. The van der Waals surface area contributed by atoms with Crippen LogP contribution in [0.3, 0.4) is 0 Å². The van der Waals surface area contributed by atoms with Crippen molar-refractivity contribution >= 4 is 17.6 Å². The van der Waals surface area contributed by atoms with E-state index in [9.17, 15) is 4.79 Å². The van der Waals surface area contributed by atoms with Gasteiger partial charge in [0.25, 0.3) is 0 Å². The van der Waals surface area contributed by atoms with Gasteiger partial charge in [0, 0.05) is 0 Å². The van der Waals surface area contributed by atoms with Crippen molar-refractivity contribution in [3.63, 3.8) is 0 Å². The van der Waals surface area contributed by atoms with Crippen LogP contribution >= 0.6 is 11.6 Å². The zero-order valence-corrected chi connectivity index (χ0v) is 10.6. The van der Waals surface area contributed by atoms with Crippen molar-refractivity contribution in [1.29, 1.82) is 0 Å². The zero-order valence-electron chi connectivity index (χ0n) is 9.86. The first-order chi connectivity index (χ1) is 7.60. The van der Waals surface area contributed by atoms with Crippen LogP contribution in [0, 0.1) is 29.6 Å². The minimum Gasteiger partial charge on any atom is -0.480 e. The van der Waals surface area contributed by atoms with E-state index < -0.39 is 5.97 Å². The number of carboxylic acids is 1. The molecule has 0 saturated heterocycles. The van der Waals surface area contributed by atoms with Crippen LogP contribution in [0.15, 0.2) is 0 Å². The van der Waals surface area contributed by atoms with Crippen LogP contribution in [-0.4, -0.2) is 17.0 Å². The lowest BCUT2D eigenvalue weighted by Gasteiger charge is -2.53. The predicted molar refractivity (Wildman–Crippen MR) is 64.6 cm³/mol. The molecule has 92 valence electrons. The third-order valence-electron chi connectivity index (χ3n) is 4.81. The number of alkyl halides is 1. The molecule has 4 saturated carbocycles. The number of hydrogen-bond acceptors (Lipinski definition) is 1. The summed E-state index contributed by atoms with van der Waals surface area (Å²) in [6.07, 6.45) is 7.96. The molecule has 4 aliphatic rings. The summed E-state index contributed by atoms with van der Waals surface area (Å²) in [7, 11) is 0. The fraction of sp³-hybridized carbons (Fsp3) is 0.923. The first kappa shape index (κ1) is 12.2. The summed E-state index contributed by atoms with van der Waals surface area (Å²) in [5.41, 5.74) is 0. The minimum atomic E-state index is -0.980. The van der Waals surface area contributed by atoms with Crippen molar-refractivity contribution in [1.82, 2.24) is 0 Å². The number of rotatable bonds is 1. The molecule has 0 spiro atoms. The van der Waals surface area contributed by atoms with Crippen molar-refractivity contribution in [2.75, 3.05) is 5.88 Å². The molecule has 4 fully saturated rings. The van der Waals surface area contributed by atoms with E-state index in [1.54, 1.807) is 32.1 Å². The Hall–Kier alpha value is -0.240. The molecule has 0 aromatic rings. The third kappa shape index (κ3) is 2.53. The quantitative estimate of drug-likeness (QED) is 0.718. The normalized spacial score (nSPS) is 43.8. The van der Waals surface area contributed by atoms with E-state index >= 15 is 0 Å². The molecule has 2 nitrogen and oxygen atoms in total. The second kappa shape index (κ2) is 4.95. The molecule has 0 radical (unpaired) electrons. The molecule has 0 aliphatic heterocycles. The first-order valence-corrected chi connectivity index (χ1v) is 6.91. The maximum Gasteiger partial charge on any atom is 0.318 e. The van der Waals surface area contributed by atoms with Gasteiger partial charge in [0.15, 0.2) is 0 Å². The van der Waals surface area contributed by atoms with Crippen molar-refractivity contribution in [3.05, 3.63) is 0 Å². The Labute approximate surface area is 102 Å². The molecule has 0 amide bonds. The first-order valence-electron chi connectivity index (χ1n) is 6.38. The van der Waals surface area contributed by atoms with Gasteiger partial charge in [-0.15, -0.1) is 11.6 Å². The summed E-state index contributed by atoms with van der Waals surface area (Å²) < 4.78 is 0. The van der Waals surface area contributed by atoms with Gasteiger partial charge in [-0.05, 0) is 61.7 Å². The molecule has 0 unspecified atom stereocenters. The number of carbonyl (C=O) groups is 1. The summed E-state index contributed by atoms with van der Waals surface area (Å²) in [6.45, 7) is 2.51. The highest BCUT2D eigenvalue weighted by molar-refractivity contribution is 6.26. The number of carboxylic acid groups (broad SMARTS) is 1. The van der Waals surface area contributed by atoms with Gasteiger partial charge in [0.1, 0.15) is 5.88 Å². The average molecular weight is 245 g/mol. The van der Waals surface area contributed by atoms with Gasteiger partial charge in [0.05, 0.1) is 0 Å². The van der Waals surface area contributed by atoms with Crippen LogP contribution in [-0.2, 0) is 4.79 Å². The van der Waals surface area contributed by atoms with E-state index in [-0.39, 0.29) is 5.88 Å². The van der Waals surface area contributed by atoms with Gasteiger partial charge in [-0.25, -0.2) is 0 Å². The van der Waals surface area contributed by atoms with Crippen molar-refractivity contribution < 1.29 is 9.90 Å². The van der Waals surface area contributed by atoms with Gasteiger partial charge in [-0.2, -0.15) is 0 Å². The van der Waals surface area contributed by atoms with E-state index in [1.165, 1.54) is 0 Å². The molecule has 1 N–H and O–H groups in total. The largest absolute Gasteiger partial charge is 0.480 e. The van der Waals surface area contributed by atoms with E-state index in [2.05, 4.69) is 6.92 Å². The Kier molecular flexibility index (Phi) is 3.78. The maximum atomic E-state index is 9.24. The Bertz CT molecular complexity index is 237. The Morgan fingerprint density at radius 3 is 1.81 bits per heavy atom. The van der Waals surface area contributed by atoms with Gasteiger partial charge >= 0.3 is 5.97 Å². The highest BCUT2D eigenvalue weighted by atomic mass is 35.5. The molecular weight excluding hydrogens is 224 g/mol.